The topological polar surface area (TPSA) is 60.4 Å². The Morgan fingerprint density at radius 2 is 0.814 bits per heavy atom. The Labute approximate surface area is 246 Å². The Morgan fingerprint density at radius 1 is 0.419 bits per heavy atom. The van der Waals surface area contributed by atoms with Gasteiger partial charge in [0.2, 0.25) is 0 Å². The number of fused-ring (bicyclic) bond motifs is 6. The lowest BCUT2D eigenvalue weighted by Crippen LogP contribution is -2.08. The highest BCUT2D eigenvalue weighted by molar-refractivity contribution is 6.14. The smallest absolute Gasteiger partial charge is 0.170 e. The van der Waals surface area contributed by atoms with Gasteiger partial charge in [-0.15, -0.1) is 0 Å². The van der Waals surface area contributed by atoms with Crippen LogP contribution in [0, 0.1) is 0 Å². The third-order valence-corrected chi connectivity index (χ3v) is 8.17. The minimum absolute atomic E-state index is 0.197. The van der Waals surface area contributed by atoms with Gasteiger partial charge < -0.3 is 8.83 Å². The van der Waals surface area contributed by atoms with Crippen LogP contribution in [0.1, 0.15) is 27.1 Å². The molecule has 0 N–H and O–H groups in total. The third kappa shape index (κ3) is 4.23. The molecular formula is C39H24O4. The Morgan fingerprint density at radius 3 is 1.26 bits per heavy atom. The first-order chi connectivity index (χ1) is 21.1. The van der Waals surface area contributed by atoms with Crippen molar-refractivity contribution in [2.75, 3.05) is 0 Å². The van der Waals surface area contributed by atoms with E-state index in [1.807, 2.05) is 84.9 Å². The molecule has 0 bridgehead atoms. The molecular weight excluding hydrogens is 532 g/mol. The van der Waals surface area contributed by atoms with Crippen LogP contribution in [0.3, 0.4) is 0 Å². The van der Waals surface area contributed by atoms with E-state index in [2.05, 4.69) is 24.3 Å². The first-order valence-electron chi connectivity index (χ1n) is 14.2. The van der Waals surface area contributed by atoms with Gasteiger partial charge in [-0.3, -0.25) is 9.59 Å². The molecule has 4 heteroatoms. The minimum atomic E-state index is -0.213. The number of benzene rings is 6. The van der Waals surface area contributed by atoms with Gasteiger partial charge in [0.1, 0.15) is 22.3 Å². The van der Waals surface area contributed by atoms with E-state index in [9.17, 15) is 9.59 Å². The molecule has 0 aliphatic heterocycles. The van der Waals surface area contributed by atoms with Gasteiger partial charge in [-0.1, -0.05) is 121 Å². The number of hydrogen-bond acceptors (Lipinski definition) is 4. The van der Waals surface area contributed by atoms with E-state index in [1.165, 1.54) is 0 Å². The van der Waals surface area contributed by atoms with Crippen molar-refractivity contribution in [3.05, 3.63) is 145 Å². The summed E-state index contributed by atoms with van der Waals surface area (Å²) in [4.78, 5) is 26.1. The Balaban J connectivity index is 1.01. The zero-order valence-electron chi connectivity index (χ0n) is 23.0. The number of Topliss-reactive ketones (excluding diaryl/α,β-unsaturated/α-hetero) is 2. The highest BCUT2D eigenvalue weighted by atomic mass is 16.3. The molecule has 0 radical (unpaired) electrons. The van der Waals surface area contributed by atoms with Gasteiger partial charge in [-0.2, -0.15) is 0 Å². The van der Waals surface area contributed by atoms with Gasteiger partial charge in [0.25, 0.3) is 0 Å². The van der Waals surface area contributed by atoms with Crippen LogP contribution in [0.2, 0.25) is 0 Å². The lowest BCUT2D eigenvalue weighted by Gasteiger charge is -2.06. The van der Waals surface area contributed by atoms with Crippen molar-refractivity contribution >= 4 is 55.4 Å². The number of furan rings is 2. The van der Waals surface area contributed by atoms with E-state index in [4.69, 9.17) is 8.83 Å². The van der Waals surface area contributed by atoms with Crippen molar-refractivity contribution in [2.24, 2.45) is 0 Å². The maximum Gasteiger partial charge on any atom is 0.170 e. The largest absolute Gasteiger partial charge is 0.455 e. The van der Waals surface area contributed by atoms with Crippen LogP contribution < -0.4 is 0 Å². The lowest BCUT2D eigenvalue weighted by atomic mass is 9.96. The zero-order chi connectivity index (χ0) is 28.9. The summed E-state index contributed by atoms with van der Waals surface area (Å²) in [7, 11) is 0. The van der Waals surface area contributed by atoms with E-state index in [1.54, 1.807) is 24.3 Å². The summed E-state index contributed by atoms with van der Waals surface area (Å²) in [6, 6.07) is 42.9. The molecule has 0 unspecified atom stereocenters. The number of carbonyl (C=O) groups is 2. The van der Waals surface area contributed by atoms with Gasteiger partial charge in [0.05, 0.1) is 6.42 Å². The average molecular weight is 557 g/mol. The first kappa shape index (κ1) is 25.0. The fourth-order valence-corrected chi connectivity index (χ4v) is 5.97. The van der Waals surface area contributed by atoms with Crippen LogP contribution in [0.4, 0.5) is 0 Å². The second-order valence-electron chi connectivity index (χ2n) is 10.7. The van der Waals surface area contributed by atoms with Crippen molar-refractivity contribution in [3.8, 4) is 22.3 Å². The standard InChI is InChI=1S/C39H24O4/c40-34(26-19-15-24(16-20-26)28-9-5-11-32-30-7-1-3-13-36(30)42-38(28)32)23-35(41)27-21-17-25(18-22-27)29-10-6-12-33-31-8-2-4-14-37(31)43-39(29)33/h1-22H,23H2. The fraction of sp³-hybridized carbons (Fsp3) is 0.0256. The number of para-hydroxylation sites is 4. The average Bonchev–Trinajstić information content (AvgIpc) is 3.63. The SMILES string of the molecule is O=C(CC(=O)c1ccc(-c2cccc3c2oc2ccccc23)cc1)c1ccc(-c2cccc3c2oc2ccccc23)cc1. The molecule has 0 aliphatic carbocycles. The fourth-order valence-electron chi connectivity index (χ4n) is 5.97. The zero-order valence-corrected chi connectivity index (χ0v) is 23.0. The molecule has 0 fully saturated rings. The highest BCUT2D eigenvalue weighted by Crippen LogP contribution is 2.37. The molecule has 6 aromatic carbocycles. The van der Waals surface area contributed by atoms with Crippen LogP contribution in [0.15, 0.2) is 142 Å². The molecule has 0 spiro atoms. The molecule has 0 amide bonds. The number of hydrogen-bond donors (Lipinski definition) is 0. The summed E-state index contributed by atoms with van der Waals surface area (Å²) in [6.45, 7) is 0. The summed E-state index contributed by atoms with van der Waals surface area (Å²) < 4.78 is 12.3. The summed E-state index contributed by atoms with van der Waals surface area (Å²) in [5.41, 5.74) is 8.14. The van der Waals surface area contributed by atoms with Crippen LogP contribution in [-0.4, -0.2) is 11.6 Å². The molecule has 8 rings (SSSR count). The quantitative estimate of drug-likeness (QED) is 0.151. The van der Waals surface area contributed by atoms with Crippen molar-refractivity contribution in [3.63, 3.8) is 0 Å². The van der Waals surface area contributed by atoms with Gasteiger partial charge in [0, 0.05) is 43.8 Å². The number of rotatable bonds is 6. The predicted molar refractivity (Wildman–Crippen MR) is 172 cm³/mol. The predicted octanol–water partition coefficient (Wildman–Crippen LogP) is 10.3. The van der Waals surface area contributed by atoms with E-state index in [0.717, 1.165) is 66.1 Å². The number of ketones is 2. The Kier molecular flexibility index (Phi) is 5.80. The van der Waals surface area contributed by atoms with Crippen LogP contribution in [-0.2, 0) is 0 Å². The molecule has 0 aliphatic rings. The third-order valence-electron chi connectivity index (χ3n) is 8.17. The van der Waals surface area contributed by atoms with Gasteiger partial charge in [-0.05, 0) is 23.3 Å². The van der Waals surface area contributed by atoms with Crippen molar-refractivity contribution in [1.82, 2.24) is 0 Å². The first-order valence-corrected chi connectivity index (χ1v) is 14.2. The molecule has 0 saturated carbocycles. The molecule has 43 heavy (non-hydrogen) atoms. The maximum absolute atomic E-state index is 13.1. The molecule has 0 atom stereocenters. The molecule has 2 aromatic heterocycles. The van der Waals surface area contributed by atoms with Crippen molar-refractivity contribution in [2.45, 2.75) is 6.42 Å². The summed E-state index contributed by atoms with van der Waals surface area (Å²) in [6.07, 6.45) is -0.197. The van der Waals surface area contributed by atoms with Crippen LogP contribution in [0.25, 0.3) is 66.1 Å². The molecule has 2 heterocycles. The van der Waals surface area contributed by atoms with E-state index < -0.39 is 0 Å². The molecule has 0 saturated heterocycles. The normalized spacial score (nSPS) is 11.5. The van der Waals surface area contributed by atoms with Gasteiger partial charge in [0.15, 0.2) is 11.6 Å². The van der Waals surface area contributed by atoms with Gasteiger partial charge >= 0.3 is 0 Å². The maximum atomic E-state index is 13.1. The molecule has 4 nitrogen and oxygen atoms in total. The van der Waals surface area contributed by atoms with E-state index in [-0.39, 0.29) is 18.0 Å². The summed E-state index contributed by atoms with van der Waals surface area (Å²) in [5, 5.41) is 4.26. The van der Waals surface area contributed by atoms with Crippen LogP contribution in [0.5, 0.6) is 0 Å². The second kappa shape index (κ2) is 9.97. The highest BCUT2D eigenvalue weighted by Gasteiger charge is 2.17. The summed E-state index contributed by atoms with van der Waals surface area (Å²) in [5.74, 6) is -0.427. The molecule has 8 aromatic rings. The minimum Gasteiger partial charge on any atom is -0.455 e. The Hall–Kier alpha value is -5.74. The van der Waals surface area contributed by atoms with E-state index >= 15 is 0 Å². The number of carbonyl (C=O) groups excluding carboxylic acids is 2. The lowest BCUT2D eigenvalue weighted by molar-refractivity contribution is 0.0894. The van der Waals surface area contributed by atoms with Crippen LogP contribution >= 0.6 is 0 Å². The van der Waals surface area contributed by atoms with E-state index in [0.29, 0.717) is 11.1 Å². The van der Waals surface area contributed by atoms with Crippen molar-refractivity contribution in [1.29, 1.82) is 0 Å². The summed E-state index contributed by atoms with van der Waals surface area (Å²) >= 11 is 0. The molecule has 204 valence electrons. The second-order valence-corrected chi connectivity index (χ2v) is 10.7. The van der Waals surface area contributed by atoms with Gasteiger partial charge in [-0.25, -0.2) is 0 Å². The Bertz CT molecular complexity index is 2170. The van der Waals surface area contributed by atoms with Crippen molar-refractivity contribution < 1.29 is 18.4 Å². The monoisotopic (exact) mass is 556 g/mol.